The summed E-state index contributed by atoms with van der Waals surface area (Å²) in [5.74, 6) is 0. The summed E-state index contributed by atoms with van der Waals surface area (Å²) in [6.45, 7) is 0. The second-order valence-corrected chi connectivity index (χ2v) is 3.68. The molecule has 4 N–H and O–H groups in total. The van der Waals surface area contributed by atoms with Gasteiger partial charge in [0.2, 0.25) is 0 Å². The molecule has 0 fully saturated rings. The van der Waals surface area contributed by atoms with Crippen LogP contribution in [0, 0.1) is 0 Å². The van der Waals surface area contributed by atoms with Crippen molar-refractivity contribution < 1.29 is 33.0 Å². The number of rotatable bonds is 2. The minimum Gasteiger partial charge on any atom is -0.302 e. The summed E-state index contributed by atoms with van der Waals surface area (Å²) in [5, 5.41) is 0. The summed E-state index contributed by atoms with van der Waals surface area (Å²) in [6.07, 6.45) is 0. The van der Waals surface area contributed by atoms with Crippen LogP contribution in [-0.4, -0.2) is 71.0 Å². The van der Waals surface area contributed by atoms with E-state index in [9.17, 15) is 9.13 Å². The van der Waals surface area contributed by atoms with Gasteiger partial charge in [-0.1, -0.05) is 0 Å². The van der Waals surface area contributed by atoms with Crippen molar-refractivity contribution in [1.29, 1.82) is 0 Å². The van der Waals surface area contributed by atoms with E-state index in [0.717, 1.165) is 0 Å². The van der Waals surface area contributed by atoms with Crippen molar-refractivity contribution in [1.82, 2.24) is 0 Å². The summed E-state index contributed by atoms with van der Waals surface area (Å²) in [4.78, 5) is 31.0. The second kappa shape index (κ2) is 4.81. The average molecular weight is 217 g/mol. The monoisotopic (exact) mass is 217 g/mol. The van der Waals surface area contributed by atoms with Gasteiger partial charge in [0.25, 0.3) is 0 Å². The van der Waals surface area contributed by atoms with Crippen molar-refractivity contribution in [2.24, 2.45) is 0 Å². The molecule has 0 saturated carbocycles. The van der Waals surface area contributed by atoms with E-state index in [4.69, 9.17) is 19.6 Å². The van der Waals surface area contributed by atoms with Gasteiger partial charge in [0.15, 0.2) is 0 Å². The van der Waals surface area contributed by atoms with Gasteiger partial charge >= 0.3 is 15.6 Å². The molecule has 10 heavy (non-hydrogen) atoms. The molecule has 0 bridgehead atoms. The van der Waals surface area contributed by atoms with Gasteiger partial charge in [-0.3, -0.25) is 0 Å². The smallest absolute Gasteiger partial charge is 0.302 e. The van der Waals surface area contributed by atoms with Crippen LogP contribution in [0.2, 0.25) is 0 Å². The first kappa shape index (κ1) is 14.4. The van der Waals surface area contributed by atoms with Gasteiger partial charge in [-0.2, -0.15) is 4.31 Å². The molecule has 0 aromatic heterocycles. The molecule has 7 nitrogen and oxygen atoms in total. The van der Waals surface area contributed by atoms with Gasteiger partial charge in [-0.25, -0.2) is 9.13 Å². The predicted molar refractivity (Wildman–Crippen MR) is 30.9 cm³/mol. The third-order valence-electron chi connectivity index (χ3n) is 0.213. The summed E-state index contributed by atoms with van der Waals surface area (Å²) in [6, 6.07) is 0. The molecule has 0 aliphatic heterocycles. The first-order chi connectivity index (χ1) is 3.71. The molecule has 0 saturated heterocycles. The molecule has 0 rings (SSSR count). The number of phosphoric acid groups is 2. The molecule has 0 unspecified atom stereocenters. The molecule has 0 spiro atoms. The van der Waals surface area contributed by atoms with E-state index in [1.54, 1.807) is 0 Å². The first-order valence-corrected chi connectivity index (χ1v) is 4.59. The fourth-order valence-corrected chi connectivity index (χ4v) is 1.25. The van der Waals surface area contributed by atoms with Crippen molar-refractivity contribution in [2.75, 3.05) is 0 Å². The van der Waals surface area contributed by atoms with E-state index in [1.807, 2.05) is 0 Å². The van der Waals surface area contributed by atoms with Gasteiger partial charge in [-0.05, 0) is 0 Å². The Balaban J connectivity index is 0. The quantitative estimate of drug-likeness (QED) is 0.338. The van der Waals surface area contributed by atoms with Crippen molar-refractivity contribution in [3.05, 3.63) is 0 Å². The Morgan fingerprint density at radius 3 is 1.10 bits per heavy atom. The second-order valence-electron chi connectivity index (χ2n) is 1.06. The molecule has 0 aromatic rings. The summed E-state index contributed by atoms with van der Waals surface area (Å²) in [5.41, 5.74) is 0. The van der Waals surface area contributed by atoms with Crippen molar-refractivity contribution in [3.63, 3.8) is 0 Å². The van der Waals surface area contributed by atoms with E-state index >= 15 is 0 Å². The predicted octanol–water partition coefficient (Wildman–Crippen LogP) is -1.19. The van der Waals surface area contributed by atoms with Crippen LogP contribution >= 0.6 is 15.6 Å². The zero-order valence-corrected chi connectivity index (χ0v) is 9.82. The normalized spacial score (nSPS) is 12.4. The Bertz CT molecular complexity index is 152. The molecule has 0 aliphatic carbocycles. The van der Waals surface area contributed by atoms with Gasteiger partial charge in [0, 0.05) is 51.4 Å². The summed E-state index contributed by atoms with van der Waals surface area (Å²) < 4.78 is 22.2. The van der Waals surface area contributed by atoms with Gasteiger partial charge < -0.3 is 19.6 Å². The summed E-state index contributed by atoms with van der Waals surface area (Å²) >= 11 is 0. The van der Waals surface area contributed by atoms with Crippen LogP contribution in [0.3, 0.4) is 0 Å². The first-order valence-electron chi connectivity index (χ1n) is 1.53. The SMILES string of the molecule is O=P(O)(O)OP(=O)(O)O.[K]. The molecule has 1 radical (unpaired) electrons. The van der Waals surface area contributed by atoms with E-state index in [1.165, 1.54) is 0 Å². The van der Waals surface area contributed by atoms with Crippen LogP contribution in [0.15, 0.2) is 0 Å². The number of hydrogen-bond donors (Lipinski definition) is 4. The van der Waals surface area contributed by atoms with Gasteiger partial charge in [0.05, 0.1) is 0 Å². The van der Waals surface area contributed by atoms with Gasteiger partial charge in [-0.15, -0.1) is 0 Å². The maximum Gasteiger partial charge on any atom is 0.478 e. The summed E-state index contributed by atoms with van der Waals surface area (Å²) in [7, 11) is -10.1. The fourth-order valence-electron chi connectivity index (χ4n) is 0.139. The molecular weight excluding hydrogens is 213 g/mol. The molecular formula is H4KO7P2. The fraction of sp³-hybridized carbons (Fsp3) is 0. The molecule has 10 heteroatoms. The zero-order chi connectivity index (χ0) is 7.71. The standard InChI is InChI=1S/K.H4O7P2/c;1-8(2,3)7-9(4,5)6/h;(H2,1,2,3)(H2,4,5,6). The Morgan fingerprint density at radius 1 is 0.900 bits per heavy atom. The van der Waals surface area contributed by atoms with Crippen LogP contribution in [-0.2, 0) is 13.4 Å². The zero-order valence-electron chi connectivity index (χ0n) is 4.91. The van der Waals surface area contributed by atoms with Crippen LogP contribution in [0.5, 0.6) is 0 Å². The third-order valence-corrected chi connectivity index (χ3v) is 1.91. The molecule has 0 atom stereocenters. The topological polar surface area (TPSA) is 124 Å². The van der Waals surface area contributed by atoms with E-state index in [0.29, 0.717) is 0 Å². The third kappa shape index (κ3) is 12.6. The van der Waals surface area contributed by atoms with Crippen LogP contribution < -0.4 is 0 Å². The molecule has 0 aliphatic rings. The molecule has 57 valence electrons. The minimum absolute atomic E-state index is 0. The van der Waals surface area contributed by atoms with E-state index in [-0.39, 0.29) is 51.4 Å². The van der Waals surface area contributed by atoms with Crippen LogP contribution in [0.4, 0.5) is 0 Å². The Kier molecular flexibility index (Phi) is 6.94. The molecule has 0 aromatic carbocycles. The minimum atomic E-state index is -5.05. The Labute approximate surface area is 98.7 Å². The Morgan fingerprint density at radius 2 is 1.10 bits per heavy atom. The largest absolute Gasteiger partial charge is 0.478 e. The molecule has 0 amide bonds. The maximum absolute atomic E-state index is 9.63. The molecule has 0 heterocycles. The van der Waals surface area contributed by atoms with Crippen molar-refractivity contribution in [2.45, 2.75) is 0 Å². The number of hydrogen-bond acceptors (Lipinski definition) is 3. The maximum atomic E-state index is 9.63. The van der Waals surface area contributed by atoms with Crippen molar-refractivity contribution in [3.8, 4) is 0 Å². The average Bonchev–Trinajstić information content (AvgIpc) is 1.14. The van der Waals surface area contributed by atoms with E-state index < -0.39 is 15.6 Å². The van der Waals surface area contributed by atoms with Crippen LogP contribution in [0.25, 0.3) is 0 Å². The van der Waals surface area contributed by atoms with Crippen molar-refractivity contribution >= 4 is 67.0 Å². The van der Waals surface area contributed by atoms with Crippen LogP contribution in [0.1, 0.15) is 0 Å². The Hall–Kier alpha value is 1.90. The van der Waals surface area contributed by atoms with E-state index in [2.05, 4.69) is 4.31 Å². The van der Waals surface area contributed by atoms with Gasteiger partial charge in [0.1, 0.15) is 0 Å².